The third kappa shape index (κ3) is 3.44. The van der Waals surface area contributed by atoms with Gasteiger partial charge in [-0.15, -0.1) is 21.5 Å². The zero-order chi connectivity index (χ0) is 17.4. The number of amides is 1. The van der Waals surface area contributed by atoms with Crippen LogP contribution in [0.3, 0.4) is 0 Å². The van der Waals surface area contributed by atoms with Gasteiger partial charge in [-0.3, -0.25) is 4.79 Å². The van der Waals surface area contributed by atoms with Crippen LogP contribution in [0.1, 0.15) is 48.1 Å². The Balaban J connectivity index is 1.34. The lowest BCUT2D eigenvalue weighted by Crippen LogP contribution is -2.44. The van der Waals surface area contributed by atoms with Gasteiger partial charge in [0.05, 0.1) is 0 Å². The molecule has 4 heterocycles. The quantitative estimate of drug-likeness (QED) is 0.822. The van der Waals surface area contributed by atoms with Gasteiger partial charge in [0.25, 0.3) is 0 Å². The molecule has 1 amide bonds. The second-order valence-electron chi connectivity index (χ2n) is 7.22. The lowest BCUT2D eigenvalue weighted by molar-refractivity contribution is -0.137. The number of aromatic nitrogens is 2. The number of piperidine rings is 1. The second-order valence-corrected chi connectivity index (χ2v) is 9.21. The Morgan fingerprint density at radius 3 is 2.76 bits per heavy atom. The van der Waals surface area contributed by atoms with Crippen LogP contribution in [0.25, 0.3) is 0 Å². The average molecular weight is 377 g/mol. The number of carbonyl (C=O) groups excluding carboxylic acids is 1. The summed E-state index contributed by atoms with van der Waals surface area (Å²) in [5.74, 6) is 0.928. The van der Waals surface area contributed by atoms with Crippen LogP contribution in [0.15, 0.2) is 11.4 Å². The number of rotatable bonds is 3. The molecule has 2 aliphatic heterocycles. The number of thiophene rings is 1. The Bertz CT molecular complexity index is 746. The summed E-state index contributed by atoms with van der Waals surface area (Å²) >= 11 is 3.51. The predicted molar refractivity (Wildman–Crippen MR) is 102 cm³/mol. The molecular weight excluding hydrogens is 352 g/mol. The van der Waals surface area contributed by atoms with Crippen molar-refractivity contribution in [1.82, 2.24) is 15.1 Å². The summed E-state index contributed by atoms with van der Waals surface area (Å²) in [6.07, 6.45) is 2.85. The van der Waals surface area contributed by atoms with E-state index in [0.29, 0.717) is 11.8 Å². The summed E-state index contributed by atoms with van der Waals surface area (Å²) < 4.78 is 0. The van der Waals surface area contributed by atoms with E-state index in [2.05, 4.69) is 45.3 Å². The van der Waals surface area contributed by atoms with Crippen LogP contribution in [0.5, 0.6) is 0 Å². The summed E-state index contributed by atoms with van der Waals surface area (Å²) in [4.78, 5) is 18.7. The first-order valence-corrected chi connectivity index (χ1v) is 10.7. The number of anilines is 1. The Kier molecular flexibility index (Phi) is 4.78. The number of fused-ring (bicyclic) bond motifs is 1. The van der Waals surface area contributed by atoms with E-state index in [0.717, 1.165) is 55.6 Å². The van der Waals surface area contributed by atoms with E-state index in [1.54, 1.807) is 11.3 Å². The Morgan fingerprint density at radius 1 is 1.24 bits per heavy atom. The third-order valence-corrected chi connectivity index (χ3v) is 7.47. The molecule has 0 saturated carbocycles. The van der Waals surface area contributed by atoms with Crippen LogP contribution in [-0.2, 0) is 17.8 Å². The van der Waals surface area contributed by atoms with Crippen molar-refractivity contribution in [3.05, 3.63) is 26.9 Å². The molecule has 2 aromatic rings. The summed E-state index contributed by atoms with van der Waals surface area (Å²) in [5.41, 5.74) is 1.34. The average Bonchev–Trinajstić information content (AvgIpc) is 3.30. The Hall–Kier alpha value is -1.47. The maximum Gasteiger partial charge on any atom is 0.226 e. The number of hydrogen-bond acceptors (Lipinski definition) is 6. The lowest BCUT2D eigenvalue weighted by atomic mass is 9.94. The number of hydrogen-bond donors (Lipinski definition) is 0. The molecule has 0 N–H and O–H groups in total. The molecule has 2 aromatic heterocycles. The van der Waals surface area contributed by atoms with Gasteiger partial charge in [-0.2, -0.15) is 0 Å². The minimum absolute atomic E-state index is 0.161. The van der Waals surface area contributed by atoms with Crippen LogP contribution in [0.4, 0.5) is 5.13 Å². The first-order chi connectivity index (χ1) is 12.1. The summed E-state index contributed by atoms with van der Waals surface area (Å²) in [5, 5.41) is 12.9. The minimum Gasteiger partial charge on any atom is -0.347 e. The van der Waals surface area contributed by atoms with Gasteiger partial charge in [0.2, 0.25) is 11.0 Å². The van der Waals surface area contributed by atoms with Crippen molar-refractivity contribution in [3.63, 3.8) is 0 Å². The van der Waals surface area contributed by atoms with Crippen LogP contribution in [0.2, 0.25) is 0 Å². The fraction of sp³-hybridized carbons (Fsp3) is 0.611. The van der Waals surface area contributed by atoms with Gasteiger partial charge in [-0.25, -0.2) is 0 Å². The second kappa shape index (κ2) is 7.03. The zero-order valence-electron chi connectivity index (χ0n) is 14.8. The molecule has 0 spiro atoms. The molecule has 2 aliphatic rings. The van der Waals surface area contributed by atoms with E-state index in [9.17, 15) is 4.79 Å². The van der Waals surface area contributed by atoms with Gasteiger partial charge < -0.3 is 9.80 Å². The minimum atomic E-state index is 0.161. The van der Waals surface area contributed by atoms with Gasteiger partial charge in [-0.1, -0.05) is 25.2 Å². The lowest BCUT2D eigenvalue weighted by Gasteiger charge is -2.35. The summed E-state index contributed by atoms with van der Waals surface area (Å²) in [6, 6.07) is 2.17. The highest BCUT2D eigenvalue weighted by atomic mass is 32.1. The topological polar surface area (TPSA) is 49.3 Å². The van der Waals surface area contributed by atoms with Gasteiger partial charge in [0.15, 0.2) is 0 Å². The summed E-state index contributed by atoms with van der Waals surface area (Å²) in [6.45, 7) is 7.77. The smallest absolute Gasteiger partial charge is 0.226 e. The summed E-state index contributed by atoms with van der Waals surface area (Å²) in [7, 11) is 0. The molecule has 5 nitrogen and oxygen atoms in total. The van der Waals surface area contributed by atoms with Crippen molar-refractivity contribution >= 4 is 33.7 Å². The Morgan fingerprint density at radius 2 is 2.04 bits per heavy atom. The highest BCUT2D eigenvalue weighted by Gasteiger charge is 2.31. The van der Waals surface area contributed by atoms with Gasteiger partial charge >= 0.3 is 0 Å². The van der Waals surface area contributed by atoms with Crippen LogP contribution in [-0.4, -0.2) is 40.6 Å². The highest BCUT2D eigenvalue weighted by Crippen LogP contribution is 2.31. The van der Waals surface area contributed by atoms with Crippen molar-refractivity contribution in [2.24, 2.45) is 5.92 Å². The van der Waals surface area contributed by atoms with Crippen molar-refractivity contribution in [2.45, 2.75) is 45.6 Å². The van der Waals surface area contributed by atoms with E-state index in [-0.39, 0.29) is 5.92 Å². The van der Waals surface area contributed by atoms with Crippen molar-refractivity contribution in [3.8, 4) is 0 Å². The number of carbonyl (C=O) groups is 1. The molecule has 0 aliphatic carbocycles. The first-order valence-electron chi connectivity index (χ1n) is 9.04. The van der Waals surface area contributed by atoms with Crippen LogP contribution >= 0.6 is 22.7 Å². The van der Waals surface area contributed by atoms with E-state index in [1.165, 1.54) is 10.4 Å². The standard InChI is InChI=1S/C18H24N4OS2/c1-12(2)16-19-20-18(25-16)21-7-3-13(4-8-21)17(23)22-9-5-15-14(11-22)6-10-24-15/h6,10,12-13H,3-5,7-9,11H2,1-2H3. The molecule has 25 heavy (non-hydrogen) atoms. The molecule has 4 rings (SSSR count). The van der Waals surface area contributed by atoms with Gasteiger partial charge in [0.1, 0.15) is 5.01 Å². The molecule has 0 aromatic carbocycles. The van der Waals surface area contributed by atoms with Crippen LogP contribution in [0, 0.1) is 5.92 Å². The van der Waals surface area contributed by atoms with Crippen molar-refractivity contribution in [2.75, 3.05) is 24.5 Å². The SMILES string of the molecule is CC(C)c1nnc(N2CCC(C(=O)N3CCc4sccc4C3)CC2)s1. The molecule has 0 atom stereocenters. The molecule has 134 valence electrons. The number of nitrogens with zero attached hydrogens (tertiary/aromatic N) is 4. The molecule has 1 fully saturated rings. The molecule has 7 heteroatoms. The largest absolute Gasteiger partial charge is 0.347 e. The zero-order valence-corrected chi connectivity index (χ0v) is 16.4. The maximum absolute atomic E-state index is 12.9. The fourth-order valence-electron chi connectivity index (χ4n) is 3.60. The fourth-order valence-corrected chi connectivity index (χ4v) is 5.39. The van der Waals surface area contributed by atoms with Crippen molar-refractivity contribution < 1.29 is 4.79 Å². The van der Waals surface area contributed by atoms with E-state index in [4.69, 9.17) is 0 Å². The first kappa shape index (κ1) is 17.0. The van der Waals surface area contributed by atoms with Crippen molar-refractivity contribution in [1.29, 1.82) is 0 Å². The monoisotopic (exact) mass is 376 g/mol. The molecule has 0 unspecified atom stereocenters. The van der Waals surface area contributed by atoms with Gasteiger partial charge in [0, 0.05) is 42.9 Å². The van der Waals surface area contributed by atoms with Gasteiger partial charge in [-0.05, 0) is 36.3 Å². The molecule has 0 bridgehead atoms. The van der Waals surface area contributed by atoms with E-state index >= 15 is 0 Å². The van der Waals surface area contributed by atoms with E-state index in [1.807, 2.05) is 11.3 Å². The molecular formula is C18H24N4OS2. The van der Waals surface area contributed by atoms with E-state index < -0.39 is 0 Å². The molecule has 0 radical (unpaired) electrons. The normalized spacial score (nSPS) is 18.7. The Labute approximate surface area is 156 Å². The van der Waals surface area contributed by atoms with Crippen LogP contribution < -0.4 is 4.90 Å². The third-order valence-electron chi connectivity index (χ3n) is 5.16. The highest BCUT2D eigenvalue weighted by molar-refractivity contribution is 7.15. The predicted octanol–water partition coefficient (Wildman–Crippen LogP) is 3.52. The molecule has 1 saturated heterocycles. The maximum atomic E-state index is 12.9.